The summed E-state index contributed by atoms with van der Waals surface area (Å²) >= 11 is 0. The highest BCUT2D eigenvalue weighted by Crippen LogP contribution is 2.35. The SMILES string of the molecule is C/N=C(\c1c(-c2ccc(N3CCOCC3)cc2)cc(C(=O)O)nc1Nc1cccc(N2CC(OCc3ccccc3)C2)c1)C(C)C. The van der Waals surface area contributed by atoms with Gasteiger partial charge in [0, 0.05) is 61.6 Å². The maximum atomic E-state index is 12.3. The molecule has 46 heavy (non-hydrogen) atoms. The molecule has 1 aromatic heterocycles. The Labute approximate surface area is 270 Å². The molecule has 3 heterocycles. The number of carboxylic acid groups (broad SMARTS) is 1. The Balaban J connectivity index is 1.28. The third-order valence-electron chi connectivity index (χ3n) is 8.49. The van der Waals surface area contributed by atoms with Crippen LogP contribution in [0.25, 0.3) is 11.1 Å². The molecular formula is C37H41N5O4. The van der Waals surface area contributed by atoms with Crippen LogP contribution in [0.15, 0.2) is 89.9 Å². The first-order chi connectivity index (χ1) is 22.4. The molecule has 0 radical (unpaired) electrons. The van der Waals surface area contributed by atoms with E-state index in [1.165, 1.54) is 5.56 Å². The summed E-state index contributed by atoms with van der Waals surface area (Å²) in [7, 11) is 1.77. The Kier molecular flexibility index (Phi) is 9.61. The quantitative estimate of drug-likeness (QED) is 0.184. The molecule has 0 atom stereocenters. The van der Waals surface area contributed by atoms with Gasteiger partial charge in [0.1, 0.15) is 5.82 Å². The lowest BCUT2D eigenvalue weighted by atomic mass is 9.91. The number of carbonyl (C=O) groups is 1. The molecule has 6 rings (SSSR count). The van der Waals surface area contributed by atoms with E-state index in [-0.39, 0.29) is 17.7 Å². The number of hydrogen-bond acceptors (Lipinski definition) is 8. The van der Waals surface area contributed by atoms with E-state index in [0.29, 0.717) is 25.6 Å². The highest BCUT2D eigenvalue weighted by molar-refractivity contribution is 6.12. The van der Waals surface area contributed by atoms with Crippen molar-refractivity contribution in [3.8, 4) is 11.1 Å². The van der Waals surface area contributed by atoms with E-state index < -0.39 is 5.97 Å². The molecule has 0 aliphatic carbocycles. The highest BCUT2D eigenvalue weighted by Gasteiger charge is 2.28. The van der Waals surface area contributed by atoms with Gasteiger partial charge in [-0.1, -0.05) is 62.4 Å². The summed E-state index contributed by atoms with van der Waals surface area (Å²) in [5.74, 6) is -0.544. The molecule has 9 heteroatoms. The normalized spacial score (nSPS) is 15.6. The summed E-state index contributed by atoms with van der Waals surface area (Å²) in [6.45, 7) is 9.48. The zero-order valence-corrected chi connectivity index (χ0v) is 26.6. The van der Waals surface area contributed by atoms with Crippen molar-refractivity contribution in [3.05, 3.63) is 102 Å². The van der Waals surface area contributed by atoms with Crippen molar-refractivity contribution >= 4 is 34.6 Å². The Morgan fingerprint density at radius 2 is 1.72 bits per heavy atom. The largest absolute Gasteiger partial charge is 0.477 e. The molecule has 2 aliphatic heterocycles. The van der Waals surface area contributed by atoms with Crippen LogP contribution in [0.5, 0.6) is 0 Å². The second-order valence-electron chi connectivity index (χ2n) is 12.0. The van der Waals surface area contributed by atoms with Crippen molar-refractivity contribution in [2.45, 2.75) is 26.6 Å². The van der Waals surface area contributed by atoms with E-state index in [9.17, 15) is 9.90 Å². The lowest BCUT2D eigenvalue weighted by Crippen LogP contribution is -2.52. The molecule has 2 fully saturated rings. The van der Waals surface area contributed by atoms with Crippen LogP contribution in [0.1, 0.15) is 35.5 Å². The second kappa shape index (κ2) is 14.1. The monoisotopic (exact) mass is 619 g/mol. The van der Waals surface area contributed by atoms with Gasteiger partial charge in [-0.15, -0.1) is 0 Å². The average Bonchev–Trinajstić information content (AvgIpc) is 3.06. The van der Waals surface area contributed by atoms with Gasteiger partial charge in [-0.25, -0.2) is 9.78 Å². The Bertz CT molecular complexity index is 1680. The number of morpholine rings is 1. The van der Waals surface area contributed by atoms with Gasteiger partial charge in [0.25, 0.3) is 0 Å². The fourth-order valence-electron chi connectivity index (χ4n) is 6.02. The fourth-order valence-corrected chi connectivity index (χ4v) is 6.02. The Hall–Kier alpha value is -4.73. The van der Waals surface area contributed by atoms with Gasteiger partial charge in [0.15, 0.2) is 5.69 Å². The van der Waals surface area contributed by atoms with Gasteiger partial charge < -0.3 is 29.7 Å². The standard InChI is InChI=1S/C37H41N5O4/c1-25(2)35(38-3)34-32(27-12-14-29(15-13-27)41-16-18-45-19-17-41)21-33(37(43)44)40-36(34)39-28-10-7-11-30(20-28)42-22-31(23-42)46-24-26-8-5-4-6-9-26/h4-15,20-21,25,31H,16-19,22-24H2,1-3H3,(H,39,40)(H,43,44)/b38-35-. The summed E-state index contributed by atoms with van der Waals surface area (Å²) in [5.41, 5.74) is 7.44. The molecule has 0 amide bonds. The van der Waals surface area contributed by atoms with Gasteiger partial charge in [0.05, 0.1) is 25.9 Å². The molecule has 0 bridgehead atoms. The number of anilines is 4. The van der Waals surface area contributed by atoms with Crippen molar-refractivity contribution in [2.24, 2.45) is 10.9 Å². The van der Waals surface area contributed by atoms with Crippen LogP contribution in [-0.4, -0.2) is 74.3 Å². The van der Waals surface area contributed by atoms with E-state index in [1.54, 1.807) is 13.1 Å². The van der Waals surface area contributed by atoms with Crippen molar-refractivity contribution in [2.75, 3.05) is 61.6 Å². The number of aliphatic imine (C=N–C) groups is 1. The van der Waals surface area contributed by atoms with E-state index in [4.69, 9.17) is 9.47 Å². The minimum Gasteiger partial charge on any atom is -0.477 e. The number of carboxylic acids is 1. The molecule has 238 valence electrons. The first kappa shape index (κ1) is 31.3. The third kappa shape index (κ3) is 7.06. The number of nitrogens with zero attached hydrogens (tertiary/aromatic N) is 4. The summed E-state index contributed by atoms with van der Waals surface area (Å²) < 4.78 is 11.6. The van der Waals surface area contributed by atoms with Gasteiger partial charge in [-0.2, -0.15) is 0 Å². The lowest BCUT2D eigenvalue weighted by molar-refractivity contribution is 0.0224. The van der Waals surface area contributed by atoms with Crippen LogP contribution in [0, 0.1) is 5.92 Å². The van der Waals surface area contributed by atoms with Crippen molar-refractivity contribution in [1.29, 1.82) is 0 Å². The molecule has 0 unspecified atom stereocenters. The lowest BCUT2D eigenvalue weighted by Gasteiger charge is -2.40. The van der Waals surface area contributed by atoms with E-state index >= 15 is 0 Å². The predicted octanol–water partition coefficient (Wildman–Crippen LogP) is 6.51. The van der Waals surface area contributed by atoms with E-state index in [1.807, 2.05) is 42.5 Å². The zero-order valence-electron chi connectivity index (χ0n) is 26.6. The minimum atomic E-state index is -1.09. The van der Waals surface area contributed by atoms with Crippen molar-refractivity contribution in [3.63, 3.8) is 0 Å². The minimum absolute atomic E-state index is 0.0324. The summed E-state index contributed by atoms with van der Waals surface area (Å²) in [6, 6.07) is 28.3. The number of rotatable bonds is 11. The van der Waals surface area contributed by atoms with Gasteiger partial charge >= 0.3 is 5.97 Å². The van der Waals surface area contributed by atoms with Gasteiger partial charge in [0.2, 0.25) is 0 Å². The fraction of sp³-hybridized carbons (Fsp3) is 0.324. The van der Waals surface area contributed by atoms with Gasteiger partial charge in [-0.3, -0.25) is 4.99 Å². The first-order valence-corrected chi connectivity index (χ1v) is 15.9. The molecule has 9 nitrogen and oxygen atoms in total. The smallest absolute Gasteiger partial charge is 0.354 e. The van der Waals surface area contributed by atoms with Crippen LogP contribution in [-0.2, 0) is 16.1 Å². The Morgan fingerprint density at radius 3 is 2.39 bits per heavy atom. The second-order valence-corrected chi connectivity index (χ2v) is 12.0. The highest BCUT2D eigenvalue weighted by atomic mass is 16.5. The van der Waals surface area contributed by atoms with Crippen molar-refractivity contribution < 1.29 is 19.4 Å². The van der Waals surface area contributed by atoms with E-state index in [0.717, 1.165) is 65.6 Å². The molecule has 2 N–H and O–H groups in total. The summed E-state index contributed by atoms with van der Waals surface area (Å²) in [4.78, 5) is 26.2. The molecular weight excluding hydrogens is 578 g/mol. The van der Waals surface area contributed by atoms with Crippen LogP contribution in [0.2, 0.25) is 0 Å². The number of aromatic carboxylic acids is 1. The number of ether oxygens (including phenoxy) is 2. The topological polar surface area (TPSA) is 99.5 Å². The Morgan fingerprint density at radius 1 is 0.978 bits per heavy atom. The predicted molar refractivity (Wildman–Crippen MR) is 184 cm³/mol. The summed E-state index contributed by atoms with van der Waals surface area (Å²) in [5, 5.41) is 13.6. The van der Waals surface area contributed by atoms with Gasteiger partial charge in [-0.05, 0) is 59.0 Å². The molecule has 2 saturated heterocycles. The molecule has 0 saturated carbocycles. The van der Waals surface area contributed by atoms with Crippen LogP contribution in [0.4, 0.5) is 22.9 Å². The maximum Gasteiger partial charge on any atom is 0.354 e. The van der Waals surface area contributed by atoms with E-state index in [2.05, 4.69) is 75.3 Å². The third-order valence-corrected chi connectivity index (χ3v) is 8.49. The molecule has 4 aromatic rings. The maximum absolute atomic E-state index is 12.3. The zero-order chi connectivity index (χ0) is 32.0. The summed E-state index contributed by atoms with van der Waals surface area (Å²) in [6.07, 6.45) is 0.170. The number of benzene rings is 3. The first-order valence-electron chi connectivity index (χ1n) is 15.9. The number of pyridine rings is 1. The molecule has 3 aromatic carbocycles. The molecule has 2 aliphatic rings. The number of hydrogen-bond donors (Lipinski definition) is 2. The van der Waals surface area contributed by atoms with Crippen LogP contribution >= 0.6 is 0 Å². The van der Waals surface area contributed by atoms with Crippen molar-refractivity contribution in [1.82, 2.24) is 4.98 Å². The van der Waals surface area contributed by atoms with Crippen LogP contribution < -0.4 is 15.1 Å². The van der Waals surface area contributed by atoms with Crippen LogP contribution in [0.3, 0.4) is 0 Å². The number of aromatic nitrogens is 1. The number of nitrogens with one attached hydrogen (secondary N) is 1. The average molecular weight is 620 g/mol. The molecule has 0 spiro atoms.